The van der Waals surface area contributed by atoms with E-state index in [9.17, 15) is 18.0 Å². The summed E-state index contributed by atoms with van der Waals surface area (Å²) in [4.78, 5) is 13.0. The van der Waals surface area contributed by atoms with Crippen LogP contribution >= 0.6 is 0 Å². The molecule has 0 aromatic heterocycles. The number of hydrogen-bond acceptors (Lipinski definition) is 7. The van der Waals surface area contributed by atoms with Gasteiger partial charge in [0.15, 0.2) is 0 Å². The van der Waals surface area contributed by atoms with Gasteiger partial charge in [0.25, 0.3) is 5.91 Å². The van der Waals surface area contributed by atoms with Gasteiger partial charge in [-0.15, -0.1) is 0 Å². The molecule has 0 heterocycles. The quantitative estimate of drug-likeness (QED) is 0.193. The van der Waals surface area contributed by atoms with Crippen LogP contribution in [0.25, 0.3) is 0 Å². The normalized spacial score (nSPS) is 14.9. The number of amides is 1. The lowest BCUT2D eigenvalue weighted by atomic mass is 9.99. The van der Waals surface area contributed by atoms with Crippen molar-refractivity contribution in [3.8, 4) is 6.07 Å². The molecule has 7 N–H and O–H groups in total. The van der Waals surface area contributed by atoms with E-state index in [1.54, 1.807) is 24.3 Å². The van der Waals surface area contributed by atoms with Crippen LogP contribution in [0.1, 0.15) is 30.0 Å². The Bertz CT molecular complexity index is 1270. The second kappa shape index (κ2) is 12.0. The maximum Gasteiger partial charge on any atom is 0.432 e. The standard InChI is InChI=1S/C26H26F3N7O/c27-26(28,29)23(33)11-22(35-20-5-1-3-17(9-20)12-30)25(37)36-21-6-2-4-18(10-21)24(19(13-31)14-32)34-15-16-7-8-16/h1-6,9-11,13-14,16,24,31,33-35H,7-8,15,32H2,(H,36,37)/b19-14+,22-11-,31-13?,33-23?. The number of alkyl halides is 3. The molecule has 11 heteroatoms. The van der Waals surface area contributed by atoms with E-state index in [-0.39, 0.29) is 11.3 Å². The number of carbonyl (C=O) groups excluding carboxylic acids is 1. The SMILES string of the molecule is N#Cc1cccc(N/C(=C\C(=N)C(F)(F)F)C(=O)Nc2cccc(C(NCC3CC3)/C(C=N)=C/N)c2)c1. The molecule has 37 heavy (non-hydrogen) atoms. The number of anilines is 2. The van der Waals surface area contributed by atoms with Gasteiger partial charge in [0.05, 0.1) is 17.7 Å². The second-order valence-electron chi connectivity index (χ2n) is 8.46. The zero-order chi connectivity index (χ0) is 27.0. The van der Waals surface area contributed by atoms with Crippen molar-refractivity contribution in [2.45, 2.75) is 25.1 Å². The number of nitriles is 1. The minimum absolute atomic E-state index is 0.206. The van der Waals surface area contributed by atoms with Crippen LogP contribution in [0.3, 0.4) is 0 Å². The first-order chi connectivity index (χ1) is 17.6. The van der Waals surface area contributed by atoms with Crippen LogP contribution in [-0.2, 0) is 4.79 Å². The number of allylic oxidation sites excluding steroid dienone is 1. The summed E-state index contributed by atoms with van der Waals surface area (Å²) in [5.74, 6) is -0.366. The van der Waals surface area contributed by atoms with E-state index in [2.05, 4.69) is 16.0 Å². The highest BCUT2D eigenvalue weighted by molar-refractivity contribution is 6.11. The molecule has 0 bridgehead atoms. The van der Waals surface area contributed by atoms with Gasteiger partial charge in [-0.1, -0.05) is 18.2 Å². The number of rotatable bonds is 11. The molecule has 1 saturated carbocycles. The molecule has 0 spiro atoms. The molecule has 8 nitrogen and oxygen atoms in total. The summed E-state index contributed by atoms with van der Waals surface area (Å²) in [6.07, 6.45) is 0.134. The number of benzene rings is 2. The summed E-state index contributed by atoms with van der Waals surface area (Å²) in [6.45, 7) is 0.727. The fourth-order valence-corrected chi connectivity index (χ4v) is 3.46. The lowest BCUT2D eigenvalue weighted by Crippen LogP contribution is -2.27. The van der Waals surface area contributed by atoms with E-state index in [0.29, 0.717) is 28.8 Å². The highest BCUT2D eigenvalue weighted by Crippen LogP contribution is 2.30. The number of carbonyl (C=O) groups is 1. The summed E-state index contributed by atoms with van der Waals surface area (Å²) in [7, 11) is 0. The van der Waals surface area contributed by atoms with Crippen LogP contribution in [0.15, 0.2) is 72.1 Å². The van der Waals surface area contributed by atoms with Crippen LogP contribution in [0.5, 0.6) is 0 Å². The van der Waals surface area contributed by atoms with Gasteiger partial charge >= 0.3 is 6.18 Å². The average Bonchev–Trinajstić information content (AvgIpc) is 3.70. The molecule has 192 valence electrons. The fourth-order valence-electron chi connectivity index (χ4n) is 3.46. The second-order valence-corrected chi connectivity index (χ2v) is 8.46. The third kappa shape index (κ3) is 7.78. The Labute approximate surface area is 212 Å². The Morgan fingerprint density at radius 3 is 2.43 bits per heavy atom. The van der Waals surface area contributed by atoms with Crippen molar-refractivity contribution in [1.82, 2.24) is 5.32 Å². The van der Waals surface area contributed by atoms with E-state index < -0.39 is 29.5 Å². The molecule has 0 aliphatic heterocycles. The molecule has 1 fully saturated rings. The molecule has 1 amide bonds. The summed E-state index contributed by atoms with van der Waals surface area (Å²) in [6, 6.07) is 14.0. The van der Waals surface area contributed by atoms with E-state index in [1.165, 1.54) is 30.5 Å². The predicted octanol–water partition coefficient (Wildman–Crippen LogP) is 4.61. The van der Waals surface area contributed by atoms with Crippen molar-refractivity contribution in [3.63, 3.8) is 0 Å². The van der Waals surface area contributed by atoms with Crippen molar-refractivity contribution < 1.29 is 18.0 Å². The monoisotopic (exact) mass is 509 g/mol. The van der Waals surface area contributed by atoms with E-state index >= 15 is 0 Å². The molecule has 1 unspecified atom stereocenters. The van der Waals surface area contributed by atoms with Gasteiger partial charge in [-0.3, -0.25) is 10.2 Å². The van der Waals surface area contributed by atoms with Gasteiger partial charge in [0, 0.05) is 29.4 Å². The van der Waals surface area contributed by atoms with Gasteiger partial charge in [-0.25, -0.2) is 0 Å². The molecule has 0 saturated heterocycles. The molecule has 1 aliphatic rings. The number of nitrogens with two attached hydrogens (primary N) is 1. The van der Waals surface area contributed by atoms with Crippen LogP contribution < -0.4 is 21.7 Å². The Balaban J connectivity index is 1.88. The molecular weight excluding hydrogens is 483 g/mol. The van der Waals surface area contributed by atoms with Gasteiger partial charge < -0.3 is 27.1 Å². The zero-order valence-electron chi connectivity index (χ0n) is 19.7. The molecule has 2 aromatic rings. The number of halogens is 3. The fraction of sp³-hybridized carbons (Fsp3) is 0.231. The van der Waals surface area contributed by atoms with Crippen LogP contribution in [0.4, 0.5) is 24.5 Å². The largest absolute Gasteiger partial charge is 0.432 e. The predicted molar refractivity (Wildman–Crippen MR) is 136 cm³/mol. The lowest BCUT2D eigenvalue weighted by Gasteiger charge is -2.21. The topological polar surface area (TPSA) is 151 Å². The van der Waals surface area contributed by atoms with Gasteiger partial charge in [0.1, 0.15) is 11.4 Å². The third-order valence-corrected chi connectivity index (χ3v) is 5.59. The zero-order valence-corrected chi connectivity index (χ0v) is 19.7. The lowest BCUT2D eigenvalue weighted by molar-refractivity contribution is -0.112. The minimum Gasteiger partial charge on any atom is -0.404 e. The highest BCUT2D eigenvalue weighted by Gasteiger charge is 2.33. The van der Waals surface area contributed by atoms with Crippen molar-refractivity contribution in [3.05, 3.63) is 83.2 Å². The summed E-state index contributed by atoms with van der Waals surface area (Å²) >= 11 is 0. The minimum atomic E-state index is -4.96. The van der Waals surface area contributed by atoms with Crippen LogP contribution in [0.2, 0.25) is 0 Å². The van der Waals surface area contributed by atoms with Crippen LogP contribution in [-0.4, -0.2) is 30.6 Å². The van der Waals surface area contributed by atoms with E-state index in [1.807, 2.05) is 6.07 Å². The Morgan fingerprint density at radius 2 is 1.84 bits per heavy atom. The Hall–Kier alpha value is -4.43. The molecule has 2 aromatic carbocycles. The molecule has 1 atom stereocenters. The molecule has 0 radical (unpaired) electrons. The van der Waals surface area contributed by atoms with Crippen molar-refractivity contribution in [1.29, 1.82) is 16.1 Å². The Kier molecular flexibility index (Phi) is 8.81. The van der Waals surface area contributed by atoms with E-state index in [4.69, 9.17) is 21.8 Å². The first kappa shape index (κ1) is 27.2. The molecule has 1 aliphatic carbocycles. The summed E-state index contributed by atoms with van der Waals surface area (Å²) in [5, 5.41) is 32.6. The summed E-state index contributed by atoms with van der Waals surface area (Å²) < 4.78 is 39.2. The van der Waals surface area contributed by atoms with Gasteiger partial charge in [-0.2, -0.15) is 18.4 Å². The third-order valence-electron chi connectivity index (χ3n) is 5.59. The maximum absolute atomic E-state index is 13.1. The number of nitrogens with one attached hydrogen (secondary N) is 5. The van der Waals surface area contributed by atoms with Crippen molar-refractivity contribution in [2.24, 2.45) is 11.7 Å². The average molecular weight is 510 g/mol. The number of hydrogen-bond donors (Lipinski definition) is 6. The Morgan fingerprint density at radius 1 is 1.16 bits per heavy atom. The van der Waals surface area contributed by atoms with Crippen molar-refractivity contribution >= 4 is 29.2 Å². The smallest absolute Gasteiger partial charge is 0.404 e. The van der Waals surface area contributed by atoms with Crippen LogP contribution in [0, 0.1) is 28.1 Å². The maximum atomic E-state index is 13.1. The van der Waals surface area contributed by atoms with E-state index in [0.717, 1.165) is 25.6 Å². The first-order valence-electron chi connectivity index (χ1n) is 11.4. The van der Waals surface area contributed by atoms with Crippen molar-refractivity contribution in [2.75, 3.05) is 17.2 Å². The molecular formula is C26H26F3N7O. The first-order valence-corrected chi connectivity index (χ1v) is 11.4. The van der Waals surface area contributed by atoms with Gasteiger partial charge in [0.2, 0.25) is 0 Å². The summed E-state index contributed by atoms with van der Waals surface area (Å²) in [5.41, 5.74) is 5.40. The highest BCUT2D eigenvalue weighted by atomic mass is 19.4. The number of nitrogens with zero attached hydrogens (tertiary/aromatic N) is 1. The molecule has 3 rings (SSSR count). The van der Waals surface area contributed by atoms with Gasteiger partial charge in [-0.05, 0) is 67.3 Å².